The topological polar surface area (TPSA) is 67.9 Å². The summed E-state index contributed by atoms with van der Waals surface area (Å²) in [6.45, 7) is 6.72. The zero-order valence-electron chi connectivity index (χ0n) is 18.2. The van der Waals surface area contributed by atoms with E-state index in [1.165, 1.54) is 16.2 Å². The molecule has 6 nitrogen and oxygen atoms in total. The van der Waals surface area contributed by atoms with Crippen molar-refractivity contribution in [2.45, 2.75) is 20.8 Å². The van der Waals surface area contributed by atoms with E-state index >= 15 is 0 Å². The van der Waals surface area contributed by atoms with Crippen molar-refractivity contribution in [3.63, 3.8) is 0 Å². The highest BCUT2D eigenvalue weighted by atomic mass is 32.1. The maximum atomic E-state index is 13.5. The first-order chi connectivity index (χ1) is 15.5. The van der Waals surface area contributed by atoms with Gasteiger partial charge in [0.05, 0.1) is 24.5 Å². The molecule has 164 valence electrons. The molecule has 0 bridgehead atoms. The minimum Gasteiger partial charge on any atom is -0.490 e. The summed E-state index contributed by atoms with van der Waals surface area (Å²) in [4.78, 5) is 28.8. The van der Waals surface area contributed by atoms with Crippen LogP contribution in [0.1, 0.15) is 24.3 Å². The Labute approximate surface area is 191 Å². The minimum absolute atomic E-state index is 0.241. The highest BCUT2D eigenvalue weighted by Crippen LogP contribution is 2.37. The smallest absolute Gasteiger partial charge is 0.282 e. The Kier molecular flexibility index (Phi) is 6.28. The van der Waals surface area contributed by atoms with E-state index < -0.39 is 5.91 Å². The molecule has 3 aromatic rings. The highest BCUT2D eigenvalue weighted by molar-refractivity contribution is 7.11. The van der Waals surface area contributed by atoms with Crippen LogP contribution in [0.4, 0.5) is 11.4 Å². The first kappa shape index (κ1) is 21.6. The standard InChI is InChI=1S/C25H24N2O4S/c1-4-30-19-12-11-17(15-20(19)31-5-2)26-23-22(21-10-7-13-32-21)24(28)27(25(23)29)18-9-6-8-16(3)14-18/h6-15,26H,4-5H2,1-3H3. The van der Waals surface area contributed by atoms with Crippen molar-refractivity contribution in [1.29, 1.82) is 0 Å². The Bertz CT molecular complexity index is 1180. The summed E-state index contributed by atoms with van der Waals surface area (Å²) in [7, 11) is 0. The molecule has 0 radical (unpaired) electrons. The van der Waals surface area contributed by atoms with E-state index in [9.17, 15) is 9.59 Å². The van der Waals surface area contributed by atoms with Crippen LogP contribution in [0.3, 0.4) is 0 Å². The molecule has 4 rings (SSSR count). The van der Waals surface area contributed by atoms with Gasteiger partial charge in [-0.3, -0.25) is 9.59 Å². The molecule has 0 spiro atoms. The molecular weight excluding hydrogens is 424 g/mol. The third-order valence-corrected chi connectivity index (χ3v) is 5.81. The van der Waals surface area contributed by atoms with Gasteiger partial charge in [-0.15, -0.1) is 11.3 Å². The van der Waals surface area contributed by atoms with Gasteiger partial charge in [-0.05, 0) is 62.0 Å². The Hall–Kier alpha value is -3.58. The molecule has 0 aliphatic carbocycles. The average Bonchev–Trinajstić information content (AvgIpc) is 3.37. The quantitative estimate of drug-likeness (QED) is 0.477. The van der Waals surface area contributed by atoms with Crippen molar-refractivity contribution >= 4 is 40.1 Å². The zero-order chi connectivity index (χ0) is 22.7. The molecule has 0 saturated carbocycles. The zero-order valence-corrected chi connectivity index (χ0v) is 19.0. The van der Waals surface area contributed by atoms with Crippen LogP contribution in [0, 0.1) is 6.92 Å². The second-order valence-corrected chi connectivity index (χ2v) is 8.11. The van der Waals surface area contributed by atoms with Gasteiger partial charge in [-0.25, -0.2) is 4.90 Å². The van der Waals surface area contributed by atoms with Crippen LogP contribution in [-0.2, 0) is 9.59 Å². The number of rotatable bonds is 8. The van der Waals surface area contributed by atoms with Crippen LogP contribution in [0.25, 0.3) is 5.57 Å². The largest absolute Gasteiger partial charge is 0.490 e. The van der Waals surface area contributed by atoms with E-state index in [-0.39, 0.29) is 11.6 Å². The number of anilines is 2. The number of ether oxygens (including phenoxy) is 2. The Morgan fingerprint density at radius 3 is 2.38 bits per heavy atom. The average molecular weight is 449 g/mol. The Balaban J connectivity index is 1.75. The second-order valence-electron chi connectivity index (χ2n) is 7.16. The van der Waals surface area contributed by atoms with Gasteiger partial charge in [-0.1, -0.05) is 18.2 Å². The number of hydrogen-bond donors (Lipinski definition) is 1. The Morgan fingerprint density at radius 2 is 1.69 bits per heavy atom. The van der Waals surface area contributed by atoms with Gasteiger partial charge in [0.1, 0.15) is 5.70 Å². The first-order valence-corrected chi connectivity index (χ1v) is 11.3. The van der Waals surface area contributed by atoms with E-state index in [0.29, 0.717) is 41.7 Å². The van der Waals surface area contributed by atoms with Gasteiger partial charge in [0.2, 0.25) is 0 Å². The van der Waals surface area contributed by atoms with Crippen molar-refractivity contribution in [1.82, 2.24) is 0 Å². The SMILES string of the molecule is CCOc1ccc(NC2=C(c3cccs3)C(=O)N(c3cccc(C)c3)C2=O)cc1OCC. The van der Waals surface area contributed by atoms with E-state index in [1.807, 2.05) is 56.5 Å². The van der Waals surface area contributed by atoms with Gasteiger partial charge < -0.3 is 14.8 Å². The number of nitrogens with zero attached hydrogens (tertiary/aromatic N) is 1. The fourth-order valence-corrected chi connectivity index (χ4v) is 4.34. The number of hydrogen-bond acceptors (Lipinski definition) is 6. The maximum absolute atomic E-state index is 13.5. The third kappa shape index (κ3) is 4.11. The van der Waals surface area contributed by atoms with Gasteiger partial charge >= 0.3 is 0 Å². The van der Waals surface area contributed by atoms with Crippen LogP contribution in [-0.4, -0.2) is 25.0 Å². The lowest BCUT2D eigenvalue weighted by atomic mass is 10.1. The number of imide groups is 1. The predicted octanol–water partition coefficient (Wildman–Crippen LogP) is 5.25. The normalized spacial score (nSPS) is 13.7. The maximum Gasteiger partial charge on any atom is 0.282 e. The fraction of sp³-hybridized carbons (Fsp3) is 0.200. The van der Waals surface area contributed by atoms with Crippen molar-refractivity contribution < 1.29 is 19.1 Å². The first-order valence-electron chi connectivity index (χ1n) is 10.4. The fourth-order valence-electron chi connectivity index (χ4n) is 3.57. The molecule has 0 unspecified atom stereocenters. The molecule has 0 fully saturated rings. The summed E-state index contributed by atoms with van der Waals surface area (Å²) in [5.41, 5.74) is 2.75. The van der Waals surface area contributed by atoms with E-state index in [4.69, 9.17) is 9.47 Å². The molecule has 7 heteroatoms. The number of carbonyl (C=O) groups excluding carboxylic acids is 2. The molecule has 1 aliphatic rings. The summed E-state index contributed by atoms with van der Waals surface area (Å²) in [6, 6.07) is 16.4. The molecule has 2 aromatic carbocycles. The minimum atomic E-state index is -0.393. The number of amides is 2. The summed E-state index contributed by atoms with van der Waals surface area (Å²) >= 11 is 1.42. The lowest BCUT2D eigenvalue weighted by Crippen LogP contribution is -2.32. The molecule has 1 N–H and O–H groups in total. The van der Waals surface area contributed by atoms with Crippen LogP contribution >= 0.6 is 11.3 Å². The van der Waals surface area contributed by atoms with Gasteiger partial charge in [0, 0.05) is 16.6 Å². The summed E-state index contributed by atoms with van der Waals surface area (Å²) in [5.74, 6) is 0.463. The van der Waals surface area contributed by atoms with Crippen LogP contribution in [0.15, 0.2) is 65.7 Å². The van der Waals surface area contributed by atoms with Crippen molar-refractivity contribution in [2.75, 3.05) is 23.4 Å². The van der Waals surface area contributed by atoms with Gasteiger partial charge in [0.15, 0.2) is 11.5 Å². The lowest BCUT2D eigenvalue weighted by molar-refractivity contribution is -0.120. The molecule has 2 amide bonds. The third-order valence-electron chi connectivity index (χ3n) is 4.92. The summed E-state index contributed by atoms with van der Waals surface area (Å²) in [6.07, 6.45) is 0. The van der Waals surface area contributed by atoms with Crippen molar-refractivity contribution in [3.8, 4) is 11.5 Å². The Morgan fingerprint density at radius 1 is 0.906 bits per heavy atom. The summed E-state index contributed by atoms with van der Waals surface area (Å²) in [5, 5.41) is 5.07. The predicted molar refractivity (Wildman–Crippen MR) is 127 cm³/mol. The van der Waals surface area contributed by atoms with E-state index in [2.05, 4.69) is 5.32 Å². The monoisotopic (exact) mass is 448 g/mol. The number of thiophene rings is 1. The number of nitrogens with one attached hydrogen (secondary N) is 1. The molecule has 32 heavy (non-hydrogen) atoms. The van der Waals surface area contributed by atoms with Crippen molar-refractivity contribution in [2.24, 2.45) is 0 Å². The highest BCUT2D eigenvalue weighted by Gasteiger charge is 2.40. The lowest BCUT2D eigenvalue weighted by Gasteiger charge is -2.16. The van der Waals surface area contributed by atoms with Crippen molar-refractivity contribution in [3.05, 3.63) is 76.1 Å². The van der Waals surface area contributed by atoms with Crippen LogP contribution in [0.5, 0.6) is 11.5 Å². The van der Waals surface area contributed by atoms with E-state index in [0.717, 1.165) is 10.4 Å². The number of carbonyl (C=O) groups is 2. The molecule has 2 heterocycles. The molecule has 1 aromatic heterocycles. The van der Waals surface area contributed by atoms with Gasteiger partial charge in [-0.2, -0.15) is 0 Å². The van der Waals surface area contributed by atoms with Gasteiger partial charge in [0.25, 0.3) is 11.8 Å². The molecular formula is C25H24N2O4S. The molecule has 0 saturated heterocycles. The second kappa shape index (κ2) is 9.28. The molecule has 1 aliphatic heterocycles. The summed E-state index contributed by atoms with van der Waals surface area (Å²) < 4.78 is 11.3. The van der Waals surface area contributed by atoms with Crippen LogP contribution in [0.2, 0.25) is 0 Å². The number of aryl methyl sites for hydroxylation is 1. The van der Waals surface area contributed by atoms with E-state index in [1.54, 1.807) is 24.3 Å². The molecule has 0 atom stereocenters. The number of benzene rings is 2. The van der Waals surface area contributed by atoms with Crippen LogP contribution < -0.4 is 19.7 Å².